The number of carbonyl (C=O) groups is 2. The van der Waals surface area contributed by atoms with Crippen LogP contribution >= 0.6 is 0 Å². The molecular weight excluding hydrogens is 264 g/mol. The molecule has 0 fully saturated rings. The highest BCUT2D eigenvalue weighted by Gasteiger charge is 2.06. The number of amides is 2. The number of unbranched alkanes of at least 4 members (excludes halogenated alkanes) is 2. The predicted octanol–water partition coefficient (Wildman–Crippen LogP) is 2.71. The minimum absolute atomic E-state index is 0.0285. The molecule has 21 heavy (non-hydrogen) atoms. The van der Waals surface area contributed by atoms with Crippen molar-refractivity contribution in [3.63, 3.8) is 0 Å². The number of nitrogens with zero attached hydrogens (tertiary/aromatic N) is 1. The van der Waals surface area contributed by atoms with E-state index in [9.17, 15) is 9.59 Å². The normalized spacial score (nSPS) is 10.6. The molecule has 1 rings (SSSR count). The summed E-state index contributed by atoms with van der Waals surface area (Å²) in [6, 6.07) is 7.19. The van der Waals surface area contributed by atoms with Crippen molar-refractivity contribution in [2.45, 2.75) is 26.2 Å². The summed E-state index contributed by atoms with van der Waals surface area (Å²) in [4.78, 5) is 24.9. The van der Waals surface area contributed by atoms with Gasteiger partial charge in [0, 0.05) is 32.3 Å². The lowest BCUT2D eigenvalue weighted by molar-refractivity contribution is -0.116. The van der Waals surface area contributed by atoms with Gasteiger partial charge in [-0.3, -0.25) is 9.59 Å². The molecule has 2 amide bonds. The molecule has 1 aromatic carbocycles. The van der Waals surface area contributed by atoms with E-state index in [-0.39, 0.29) is 11.8 Å². The van der Waals surface area contributed by atoms with E-state index >= 15 is 0 Å². The molecule has 114 valence electrons. The van der Waals surface area contributed by atoms with Crippen LogP contribution in [0.15, 0.2) is 30.3 Å². The Hall–Kier alpha value is -2.10. The van der Waals surface area contributed by atoms with Crippen molar-refractivity contribution in [3.8, 4) is 0 Å². The summed E-state index contributed by atoms with van der Waals surface area (Å²) in [7, 11) is 3.44. The van der Waals surface area contributed by atoms with E-state index in [1.807, 2.05) is 12.1 Å². The Morgan fingerprint density at radius 2 is 1.81 bits per heavy atom. The van der Waals surface area contributed by atoms with Gasteiger partial charge in [0.25, 0.3) is 5.91 Å². The van der Waals surface area contributed by atoms with Gasteiger partial charge in [-0.15, -0.1) is 0 Å². The van der Waals surface area contributed by atoms with E-state index in [1.165, 1.54) is 11.0 Å². The molecule has 0 aliphatic carbocycles. The Morgan fingerprint density at radius 1 is 1.14 bits per heavy atom. The zero-order valence-electron chi connectivity index (χ0n) is 13.1. The molecular formula is C17H24N2O2. The first-order valence-electron chi connectivity index (χ1n) is 7.32. The Kier molecular flexibility index (Phi) is 7.23. The average molecular weight is 288 g/mol. The van der Waals surface area contributed by atoms with Gasteiger partial charge < -0.3 is 10.2 Å². The fourth-order valence-electron chi connectivity index (χ4n) is 1.81. The van der Waals surface area contributed by atoms with Crippen LogP contribution < -0.4 is 5.32 Å². The number of rotatable bonds is 7. The standard InChI is InChI=1S/C17H24N2O2/c1-4-5-6-13-18-16(20)12-9-14-7-10-15(11-8-14)17(21)19(2)3/h7-12H,4-6,13H2,1-3H3,(H,18,20)/b12-9+. The third kappa shape index (κ3) is 6.25. The number of hydrogen-bond acceptors (Lipinski definition) is 2. The van der Waals surface area contributed by atoms with Crippen molar-refractivity contribution in [1.29, 1.82) is 0 Å². The zero-order valence-corrected chi connectivity index (χ0v) is 13.1. The zero-order chi connectivity index (χ0) is 15.7. The summed E-state index contributed by atoms with van der Waals surface area (Å²) >= 11 is 0. The molecule has 0 atom stereocenters. The van der Waals surface area contributed by atoms with E-state index in [4.69, 9.17) is 0 Å². The van der Waals surface area contributed by atoms with Crippen molar-refractivity contribution in [2.75, 3.05) is 20.6 Å². The third-order valence-electron chi connectivity index (χ3n) is 3.07. The molecule has 0 spiro atoms. The van der Waals surface area contributed by atoms with Crippen molar-refractivity contribution >= 4 is 17.9 Å². The minimum atomic E-state index is -0.0838. The average Bonchev–Trinajstić information content (AvgIpc) is 2.49. The van der Waals surface area contributed by atoms with Gasteiger partial charge >= 0.3 is 0 Å². The molecule has 4 heteroatoms. The van der Waals surface area contributed by atoms with Crippen LogP contribution in [-0.4, -0.2) is 37.4 Å². The van der Waals surface area contributed by atoms with Gasteiger partial charge in [0.2, 0.25) is 5.91 Å². The van der Waals surface area contributed by atoms with Crippen molar-refractivity contribution in [2.24, 2.45) is 0 Å². The lowest BCUT2D eigenvalue weighted by Crippen LogP contribution is -2.22. The van der Waals surface area contributed by atoms with Crippen LogP contribution in [0.3, 0.4) is 0 Å². The second-order valence-corrected chi connectivity index (χ2v) is 5.15. The van der Waals surface area contributed by atoms with Gasteiger partial charge in [-0.1, -0.05) is 31.9 Å². The Bertz CT molecular complexity index is 490. The van der Waals surface area contributed by atoms with Crippen LogP contribution in [-0.2, 0) is 4.79 Å². The maximum atomic E-state index is 11.7. The van der Waals surface area contributed by atoms with E-state index < -0.39 is 0 Å². The Morgan fingerprint density at radius 3 is 2.38 bits per heavy atom. The van der Waals surface area contributed by atoms with Crippen LogP contribution in [0.1, 0.15) is 42.1 Å². The Balaban J connectivity index is 2.49. The Labute approximate surface area is 126 Å². The summed E-state index contributed by atoms with van der Waals surface area (Å²) < 4.78 is 0. The maximum absolute atomic E-state index is 11.7. The molecule has 1 N–H and O–H groups in total. The third-order valence-corrected chi connectivity index (χ3v) is 3.07. The summed E-state index contributed by atoms with van der Waals surface area (Å²) in [6.07, 6.45) is 6.56. The highest BCUT2D eigenvalue weighted by atomic mass is 16.2. The van der Waals surface area contributed by atoms with E-state index in [2.05, 4.69) is 12.2 Å². The fraction of sp³-hybridized carbons (Fsp3) is 0.412. The van der Waals surface area contributed by atoms with Gasteiger partial charge in [-0.25, -0.2) is 0 Å². The molecule has 0 bridgehead atoms. The van der Waals surface area contributed by atoms with E-state index in [1.54, 1.807) is 32.3 Å². The van der Waals surface area contributed by atoms with Crippen molar-refractivity contribution in [1.82, 2.24) is 10.2 Å². The van der Waals surface area contributed by atoms with Crippen LogP contribution in [0.4, 0.5) is 0 Å². The lowest BCUT2D eigenvalue weighted by Gasteiger charge is -2.09. The second kappa shape index (κ2) is 8.95. The monoisotopic (exact) mass is 288 g/mol. The summed E-state index contributed by atoms with van der Waals surface area (Å²) in [5, 5.41) is 2.85. The highest BCUT2D eigenvalue weighted by molar-refractivity contribution is 5.94. The summed E-state index contributed by atoms with van der Waals surface area (Å²) in [5.41, 5.74) is 1.54. The lowest BCUT2D eigenvalue weighted by atomic mass is 10.1. The van der Waals surface area contributed by atoms with Gasteiger partial charge in [-0.05, 0) is 30.2 Å². The smallest absolute Gasteiger partial charge is 0.253 e. The van der Waals surface area contributed by atoms with Crippen LogP contribution in [0.5, 0.6) is 0 Å². The summed E-state index contributed by atoms with van der Waals surface area (Å²) in [5.74, 6) is -0.112. The first kappa shape index (κ1) is 17.0. The van der Waals surface area contributed by atoms with Crippen molar-refractivity contribution < 1.29 is 9.59 Å². The molecule has 4 nitrogen and oxygen atoms in total. The van der Waals surface area contributed by atoms with Gasteiger partial charge in [0.1, 0.15) is 0 Å². The van der Waals surface area contributed by atoms with Crippen LogP contribution in [0, 0.1) is 0 Å². The SMILES string of the molecule is CCCCCNC(=O)/C=C/c1ccc(C(=O)N(C)C)cc1. The van der Waals surface area contributed by atoms with Crippen LogP contribution in [0.2, 0.25) is 0 Å². The molecule has 0 heterocycles. The molecule has 0 aliphatic heterocycles. The maximum Gasteiger partial charge on any atom is 0.253 e. The number of nitrogens with one attached hydrogen (secondary N) is 1. The van der Waals surface area contributed by atoms with Gasteiger partial charge in [0.15, 0.2) is 0 Å². The van der Waals surface area contributed by atoms with E-state index in [0.717, 1.165) is 24.8 Å². The van der Waals surface area contributed by atoms with Gasteiger partial charge in [0.05, 0.1) is 0 Å². The predicted molar refractivity (Wildman–Crippen MR) is 86.0 cm³/mol. The fourth-order valence-corrected chi connectivity index (χ4v) is 1.81. The first-order chi connectivity index (χ1) is 10.0. The number of carbonyl (C=O) groups excluding carboxylic acids is 2. The molecule has 0 aliphatic rings. The quantitative estimate of drug-likeness (QED) is 0.619. The first-order valence-corrected chi connectivity index (χ1v) is 7.32. The van der Waals surface area contributed by atoms with Crippen molar-refractivity contribution in [3.05, 3.63) is 41.5 Å². The molecule has 0 radical (unpaired) electrons. The second-order valence-electron chi connectivity index (χ2n) is 5.15. The molecule has 1 aromatic rings. The van der Waals surface area contributed by atoms with Gasteiger partial charge in [-0.2, -0.15) is 0 Å². The number of hydrogen-bond donors (Lipinski definition) is 1. The number of benzene rings is 1. The summed E-state index contributed by atoms with van der Waals surface area (Å²) in [6.45, 7) is 2.85. The molecule has 0 saturated carbocycles. The molecule has 0 aromatic heterocycles. The molecule has 0 saturated heterocycles. The topological polar surface area (TPSA) is 49.4 Å². The van der Waals surface area contributed by atoms with Crippen LogP contribution in [0.25, 0.3) is 6.08 Å². The highest BCUT2D eigenvalue weighted by Crippen LogP contribution is 2.07. The van der Waals surface area contributed by atoms with E-state index in [0.29, 0.717) is 12.1 Å². The molecule has 0 unspecified atom stereocenters. The minimum Gasteiger partial charge on any atom is -0.353 e. The largest absolute Gasteiger partial charge is 0.353 e.